The number of allylic oxidation sites excluding steroid dienone is 1. The van der Waals surface area contributed by atoms with Gasteiger partial charge in [0.2, 0.25) is 0 Å². The largest absolute Gasteiger partial charge is 0.508 e. The van der Waals surface area contributed by atoms with Gasteiger partial charge in [0, 0.05) is 36.8 Å². The van der Waals surface area contributed by atoms with Crippen molar-refractivity contribution in [2.45, 2.75) is 26.4 Å². The fraction of sp³-hybridized carbons (Fsp3) is 0.310. The van der Waals surface area contributed by atoms with Gasteiger partial charge in [-0.25, -0.2) is 4.39 Å². The Morgan fingerprint density at radius 2 is 1.83 bits per heavy atom. The second kappa shape index (κ2) is 9.62. The summed E-state index contributed by atoms with van der Waals surface area (Å²) >= 11 is 0. The van der Waals surface area contributed by atoms with Gasteiger partial charge in [0.15, 0.2) is 11.6 Å². The van der Waals surface area contributed by atoms with Gasteiger partial charge >= 0.3 is 0 Å². The van der Waals surface area contributed by atoms with Crippen molar-refractivity contribution in [1.82, 2.24) is 4.90 Å². The highest BCUT2D eigenvalue weighted by Gasteiger charge is 2.30. The lowest BCUT2D eigenvalue weighted by molar-refractivity contribution is 0.0806. The molecular formula is C29H30FNO4. The summed E-state index contributed by atoms with van der Waals surface area (Å²) in [4.78, 5) is 2.40. The molecule has 35 heavy (non-hydrogen) atoms. The van der Waals surface area contributed by atoms with Crippen LogP contribution in [-0.4, -0.2) is 41.4 Å². The summed E-state index contributed by atoms with van der Waals surface area (Å²) in [7, 11) is 0. The van der Waals surface area contributed by atoms with Gasteiger partial charge in [-0.2, -0.15) is 0 Å². The van der Waals surface area contributed by atoms with Crippen molar-refractivity contribution >= 4 is 11.1 Å². The molecule has 2 heterocycles. The van der Waals surface area contributed by atoms with Crippen LogP contribution in [0.3, 0.4) is 0 Å². The van der Waals surface area contributed by atoms with Gasteiger partial charge in [0.05, 0.1) is 0 Å². The van der Waals surface area contributed by atoms with Gasteiger partial charge in [-0.15, -0.1) is 0 Å². The van der Waals surface area contributed by atoms with Crippen molar-refractivity contribution in [3.05, 3.63) is 83.2 Å². The average Bonchev–Trinajstić information content (AvgIpc) is 2.82. The number of phenols is 2. The molecule has 2 N–H and O–H groups in total. The minimum atomic E-state index is -0.729. The van der Waals surface area contributed by atoms with E-state index in [4.69, 9.17) is 9.47 Å². The molecule has 2 aliphatic heterocycles. The lowest BCUT2D eigenvalue weighted by atomic mass is 9.86. The first-order chi connectivity index (χ1) is 16.9. The van der Waals surface area contributed by atoms with E-state index in [1.165, 1.54) is 18.6 Å². The third-order valence-corrected chi connectivity index (χ3v) is 6.99. The van der Waals surface area contributed by atoms with Crippen molar-refractivity contribution in [3.8, 4) is 23.0 Å². The minimum absolute atomic E-state index is 0.144. The second-order valence-corrected chi connectivity index (χ2v) is 9.34. The summed E-state index contributed by atoms with van der Waals surface area (Å²) in [5, 5.41) is 20.0. The van der Waals surface area contributed by atoms with Crippen LogP contribution < -0.4 is 9.47 Å². The van der Waals surface area contributed by atoms with E-state index >= 15 is 0 Å². The van der Waals surface area contributed by atoms with Crippen LogP contribution in [0.25, 0.3) is 11.1 Å². The Morgan fingerprint density at radius 3 is 2.54 bits per heavy atom. The highest BCUT2D eigenvalue weighted by molar-refractivity contribution is 5.95. The number of halogens is 1. The molecule has 0 unspecified atom stereocenters. The number of likely N-dealkylation sites (tertiary alicyclic amines) is 1. The highest BCUT2D eigenvalue weighted by Crippen LogP contribution is 2.48. The maximum absolute atomic E-state index is 14.1. The molecule has 0 bridgehead atoms. The second-order valence-electron chi connectivity index (χ2n) is 9.34. The number of aromatic hydroxyl groups is 2. The number of hydrogen-bond donors (Lipinski definition) is 2. The van der Waals surface area contributed by atoms with Crippen LogP contribution in [0.4, 0.5) is 4.39 Å². The number of ether oxygens (including phenoxy) is 2. The molecule has 0 spiro atoms. The summed E-state index contributed by atoms with van der Waals surface area (Å²) < 4.78 is 26.4. The Morgan fingerprint density at radius 1 is 1.06 bits per heavy atom. The molecule has 5 rings (SSSR count). The normalized spacial score (nSPS) is 18.1. The lowest BCUT2D eigenvalue weighted by Gasteiger charge is -2.38. The summed E-state index contributed by atoms with van der Waals surface area (Å²) in [6, 6.07) is 17.3. The number of rotatable bonds is 7. The molecule has 1 atom stereocenters. The van der Waals surface area contributed by atoms with Gasteiger partial charge in [0.25, 0.3) is 0 Å². The molecule has 0 saturated carbocycles. The first-order valence-corrected chi connectivity index (χ1v) is 12.1. The topological polar surface area (TPSA) is 62.2 Å². The first kappa shape index (κ1) is 23.2. The summed E-state index contributed by atoms with van der Waals surface area (Å²) in [5.74, 6) is 0.966. The molecule has 0 aromatic heterocycles. The maximum Gasteiger partial charge on any atom is 0.168 e. The van der Waals surface area contributed by atoms with E-state index in [2.05, 4.69) is 11.8 Å². The van der Waals surface area contributed by atoms with Gasteiger partial charge in [-0.05, 0) is 59.9 Å². The molecular weight excluding hydrogens is 445 g/mol. The number of benzene rings is 3. The van der Waals surface area contributed by atoms with Crippen LogP contribution in [0.2, 0.25) is 0 Å². The fourth-order valence-electron chi connectivity index (χ4n) is 4.89. The third-order valence-electron chi connectivity index (χ3n) is 6.99. The molecule has 1 saturated heterocycles. The van der Waals surface area contributed by atoms with Crippen LogP contribution in [0.5, 0.6) is 23.0 Å². The third kappa shape index (κ3) is 4.71. The Hall–Kier alpha value is -3.51. The van der Waals surface area contributed by atoms with E-state index in [1.54, 1.807) is 18.2 Å². The number of hydrogen-bond acceptors (Lipinski definition) is 5. The van der Waals surface area contributed by atoms with Crippen LogP contribution in [0.1, 0.15) is 43.1 Å². The standard InChI is InChI=1S/C29H30FNO4/c1-3-19-16-31(17-19)11-12-34-23-9-7-20(8-10-23)29-28(21-5-4-6-22(32)13-21)18(2)24-14-26(33)25(30)15-27(24)35-29/h4-10,13-15,19,29,32-33H,3,11-12,16-17H2,1-2H3/t29-/m1/s1. The van der Waals surface area contributed by atoms with Crippen LogP contribution >= 0.6 is 0 Å². The lowest BCUT2D eigenvalue weighted by Crippen LogP contribution is -2.47. The predicted octanol–water partition coefficient (Wildman–Crippen LogP) is 6.02. The SMILES string of the molecule is CCC1CN(CCOc2ccc([C@H]3Oc4cc(F)c(O)cc4C(C)=C3c3cccc(O)c3)cc2)C1. The van der Waals surface area contributed by atoms with E-state index in [-0.39, 0.29) is 5.75 Å². The molecule has 0 amide bonds. The van der Waals surface area contributed by atoms with Crippen molar-refractivity contribution in [2.24, 2.45) is 5.92 Å². The maximum atomic E-state index is 14.1. The molecule has 182 valence electrons. The van der Waals surface area contributed by atoms with Crippen molar-refractivity contribution in [1.29, 1.82) is 0 Å². The van der Waals surface area contributed by atoms with Crippen molar-refractivity contribution < 1.29 is 24.1 Å². The summed E-state index contributed by atoms with van der Waals surface area (Å²) in [5.41, 5.74) is 3.98. The molecule has 5 nitrogen and oxygen atoms in total. The van der Waals surface area contributed by atoms with E-state index in [0.717, 1.165) is 53.6 Å². The van der Waals surface area contributed by atoms with Crippen LogP contribution in [0.15, 0.2) is 60.7 Å². The smallest absolute Gasteiger partial charge is 0.168 e. The highest BCUT2D eigenvalue weighted by atomic mass is 19.1. The molecule has 3 aromatic rings. The monoisotopic (exact) mass is 475 g/mol. The summed E-state index contributed by atoms with van der Waals surface area (Å²) in [6.45, 7) is 8.02. The van der Waals surface area contributed by atoms with Crippen LogP contribution in [0, 0.1) is 11.7 Å². The number of fused-ring (bicyclic) bond motifs is 1. The van der Waals surface area contributed by atoms with E-state index in [1.807, 2.05) is 37.3 Å². The molecule has 2 aliphatic rings. The predicted molar refractivity (Wildman–Crippen MR) is 134 cm³/mol. The van der Waals surface area contributed by atoms with Crippen molar-refractivity contribution in [2.75, 3.05) is 26.2 Å². The minimum Gasteiger partial charge on any atom is -0.508 e. The molecule has 1 fully saturated rings. The Kier molecular flexibility index (Phi) is 6.39. The van der Waals surface area contributed by atoms with Gasteiger partial charge in [0.1, 0.15) is 30.0 Å². The Balaban J connectivity index is 1.40. The Bertz CT molecular complexity index is 1250. The Labute approximate surface area is 205 Å². The molecule has 0 aliphatic carbocycles. The number of nitrogens with zero attached hydrogens (tertiary/aromatic N) is 1. The van der Waals surface area contributed by atoms with Crippen molar-refractivity contribution in [3.63, 3.8) is 0 Å². The zero-order valence-corrected chi connectivity index (χ0v) is 20.0. The van der Waals surface area contributed by atoms with Gasteiger partial charge in [-0.1, -0.05) is 37.6 Å². The quantitative estimate of drug-likeness (QED) is 0.437. The zero-order valence-electron chi connectivity index (χ0n) is 20.0. The number of phenolic OH excluding ortho intramolecular Hbond substituents is 2. The molecule has 3 aromatic carbocycles. The molecule has 0 radical (unpaired) electrons. The van der Waals surface area contributed by atoms with Gasteiger partial charge < -0.3 is 19.7 Å². The fourth-order valence-corrected chi connectivity index (χ4v) is 4.89. The van der Waals surface area contributed by atoms with Crippen LogP contribution in [-0.2, 0) is 0 Å². The van der Waals surface area contributed by atoms with Gasteiger partial charge in [-0.3, -0.25) is 4.90 Å². The average molecular weight is 476 g/mol. The summed E-state index contributed by atoms with van der Waals surface area (Å²) in [6.07, 6.45) is 0.716. The first-order valence-electron chi connectivity index (χ1n) is 12.1. The van der Waals surface area contributed by atoms with E-state index in [9.17, 15) is 14.6 Å². The zero-order chi connectivity index (χ0) is 24.5. The molecule has 6 heteroatoms. The van der Waals surface area contributed by atoms with E-state index in [0.29, 0.717) is 17.9 Å². The van der Waals surface area contributed by atoms with E-state index < -0.39 is 17.7 Å².